The Morgan fingerprint density at radius 1 is 1.35 bits per heavy atom. The van der Waals surface area contributed by atoms with Crippen molar-refractivity contribution in [3.63, 3.8) is 0 Å². The lowest BCUT2D eigenvalue weighted by Crippen LogP contribution is -2.18. The van der Waals surface area contributed by atoms with Gasteiger partial charge in [-0.25, -0.2) is 0 Å². The highest BCUT2D eigenvalue weighted by molar-refractivity contribution is 5.20. The van der Waals surface area contributed by atoms with Gasteiger partial charge in [-0.2, -0.15) is 0 Å². The maximum Gasteiger partial charge on any atom is 0.146 e. The fourth-order valence-electron chi connectivity index (χ4n) is 1.79. The number of ether oxygens (including phenoxy) is 1. The smallest absolute Gasteiger partial charge is 0.146 e. The lowest BCUT2D eigenvalue weighted by atomic mass is 10.2. The van der Waals surface area contributed by atoms with E-state index in [-0.39, 0.29) is 0 Å². The molecule has 0 saturated carbocycles. The lowest BCUT2D eigenvalue weighted by Gasteiger charge is -2.05. The van der Waals surface area contributed by atoms with Gasteiger partial charge in [0.2, 0.25) is 0 Å². The predicted octanol–water partition coefficient (Wildman–Crippen LogP) is 3.31. The number of aryl methyl sites for hydroxylation is 1. The molecule has 0 bridgehead atoms. The number of aromatic nitrogens is 1. The van der Waals surface area contributed by atoms with Gasteiger partial charge in [-0.1, -0.05) is 13.8 Å². The first-order chi connectivity index (χ1) is 9.63. The van der Waals surface area contributed by atoms with Gasteiger partial charge in [-0.3, -0.25) is 4.98 Å². The predicted molar refractivity (Wildman–Crippen MR) is 78.6 cm³/mol. The molecule has 2 heterocycles. The molecule has 0 aliphatic carbocycles. The molecule has 0 spiro atoms. The fourth-order valence-corrected chi connectivity index (χ4v) is 1.79. The van der Waals surface area contributed by atoms with Crippen LogP contribution in [0.1, 0.15) is 30.9 Å². The maximum absolute atomic E-state index is 5.63. The zero-order chi connectivity index (χ0) is 14.4. The van der Waals surface area contributed by atoms with Crippen molar-refractivity contribution >= 4 is 0 Å². The van der Waals surface area contributed by atoms with Crippen LogP contribution in [0.2, 0.25) is 0 Å². The van der Waals surface area contributed by atoms with Gasteiger partial charge < -0.3 is 14.5 Å². The molecule has 1 N–H and O–H groups in total. The molecular weight excluding hydrogens is 252 g/mol. The summed E-state index contributed by atoms with van der Waals surface area (Å²) in [6.45, 7) is 8.59. The normalized spacial score (nSPS) is 11.0. The third-order valence-electron chi connectivity index (χ3n) is 2.86. The first-order valence-electron chi connectivity index (χ1n) is 6.96. The second-order valence-corrected chi connectivity index (χ2v) is 5.37. The molecule has 0 radical (unpaired) electrons. The lowest BCUT2D eigenvalue weighted by molar-refractivity contribution is 0.269. The Bertz CT molecular complexity index is 518. The Kier molecular flexibility index (Phi) is 5.18. The number of hydrogen-bond donors (Lipinski definition) is 1. The minimum Gasteiger partial charge on any atom is -0.484 e. The van der Waals surface area contributed by atoms with Crippen molar-refractivity contribution in [1.82, 2.24) is 10.3 Å². The van der Waals surface area contributed by atoms with Crippen molar-refractivity contribution in [2.45, 2.75) is 33.9 Å². The molecule has 0 aromatic carbocycles. The summed E-state index contributed by atoms with van der Waals surface area (Å²) in [4.78, 5) is 4.19. The summed E-state index contributed by atoms with van der Waals surface area (Å²) in [5.74, 6) is 2.23. The fraction of sp³-hybridized carbons (Fsp3) is 0.438. The summed E-state index contributed by atoms with van der Waals surface area (Å²) in [7, 11) is 0. The van der Waals surface area contributed by atoms with Gasteiger partial charge in [0.25, 0.3) is 0 Å². The number of pyridine rings is 1. The van der Waals surface area contributed by atoms with E-state index in [9.17, 15) is 0 Å². The van der Waals surface area contributed by atoms with Crippen molar-refractivity contribution in [3.8, 4) is 5.75 Å². The van der Waals surface area contributed by atoms with Crippen molar-refractivity contribution in [2.75, 3.05) is 6.54 Å². The van der Waals surface area contributed by atoms with E-state index >= 15 is 0 Å². The first-order valence-corrected chi connectivity index (χ1v) is 6.96. The van der Waals surface area contributed by atoms with Crippen LogP contribution in [0.25, 0.3) is 0 Å². The number of rotatable bonds is 7. The maximum atomic E-state index is 5.63. The Hall–Kier alpha value is -1.81. The molecule has 4 nitrogen and oxygen atoms in total. The topological polar surface area (TPSA) is 47.3 Å². The van der Waals surface area contributed by atoms with Crippen LogP contribution in [-0.4, -0.2) is 11.5 Å². The summed E-state index contributed by atoms with van der Waals surface area (Å²) in [5, 5.41) is 3.38. The van der Waals surface area contributed by atoms with Crippen molar-refractivity contribution in [1.29, 1.82) is 0 Å². The molecule has 0 aliphatic heterocycles. The molecule has 0 atom stereocenters. The second-order valence-electron chi connectivity index (χ2n) is 5.37. The third kappa shape index (κ3) is 4.70. The van der Waals surface area contributed by atoms with E-state index in [0.717, 1.165) is 35.9 Å². The van der Waals surface area contributed by atoms with E-state index in [4.69, 9.17) is 9.15 Å². The SMILES string of the molecule is Cc1ccc(OCc2cc(CNCC(C)C)co2)cn1. The van der Waals surface area contributed by atoms with Crippen LogP contribution in [0.15, 0.2) is 35.1 Å². The quantitative estimate of drug-likeness (QED) is 0.841. The summed E-state index contributed by atoms with van der Waals surface area (Å²) < 4.78 is 11.1. The summed E-state index contributed by atoms with van der Waals surface area (Å²) in [5.41, 5.74) is 2.13. The molecule has 4 heteroatoms. The van der Waals surface area contributed by atoms with Crippen molar-refractivity contribution < 1.29 is 9.15 Å². The minimum atomic E-state index is 0.426. The van der Waals surface area contributed by atoms with E-state index in [1.54, 1.807) is 12.5 Å². The molecule has 2 aromatic heterocycles. The molecule has 2 rings (SSSR count). The molecule has 0 fully saturated rings. The van der Waals surface area contributed by atoms with Crippen LogP contribution in [0.5, 0.6) is 5.75 Å². The highest BCUT2D eigenvalue weighted by Gasteiger charge is 2.03. The summed E-state index contributed by atoms with van der Waals surface area (Å²) in [6.07, 6.45) is 3.50. The molecule has 0 unspecified atom stereocenters. The van der Waals surface area contributed by atoms with Gasteiger partial charge >= 0.3 is 0 Å². The molecular formula is C16H22N2O2. The van der Waals surface area contributed by atoms with E-state index in [2.05, 4.69) is 24.1 Å². The number of furan rings is 1. The average molecular weight is 274 g/mol. The second kappa shape index (κ2) is 7.10. The standard InChI is InChI=1S/C16H22N2O2/c1-12(2)7-17-8-14-6-16(19-10-14)11-20-15-5-4-13(3)18-9-15/h4-6,9-10,12,17H,7-8,11H2,1-3H3. The van der Waals surface area contributed by atoms with Crippen molar-refractivity contribution in [3.05, 3.63) is 47.7 Å². The van der Waals surface area contributed by atoms with Crippen LogP contribution in [0, 0.1) is 12.8 Å². The third-order valence-corrected chi connectivity index (χ3v) is 2.86. The van der Waals surface area contributed by atoms with E-state index in [1.165, 1.54) is 0 Å². The molecule has 0 amide bonds. The Labute approximate surface area is 120 Å². The summed E-state index contributed by atoms with van der Waals surface area (Å²) >= 11 is 0. The van der Waals surface area contributed by atoms with Gasteiger partial charge in [0.1, 0.15) is 18.1 Å². The van der Waals surface area contributed by atoms with Crippen LogP contribution in [0.3, 0.4) is 0 Å². The number of hydrogen-bond acceptors (Lipinski definition) is 4. The van der Waals surface area contributed by atoms with Gasteiger partial charge in [0.15, 0.2) is 0 Å². The summed E-state index contributed by atoms with van der Waals surface area (Å²) in [6, 6.07) is 5.87. The molecule has 0 saturated heterocycles. The van der Waals surface area contributed by atoms with Crippen LogP contribution < -0.4 is 10.1 Å². The Morgan fingerprint density at radius 2 is 2.20 bits per heavy atom. The first kappa shape index (κ1) is 14.6. The van der Waals surface area contributed by atoms with Gasteiger partial charge in [-0.15, -0.1) is 0 Å². The van der Waals surface area contributed by atoms with Gasteiger partial charge in [-0.05, 0) is 37.6 Å². The van der Waals surface area contributed by atoms with Gasteiger partial charge in [0, 0.05) is 17.8 Å². The zero-order valence-electron chi connectivity index (χ0n) is 12.3. The van der Waals surface area contributed by atoms with Gasteiger partial charge in [0.05, 0.1) is 12.5 Å². The number of nitrogens with zero attached hydrogens (tertiary/aromatic N) is 1. The van der Waals surface area contributed by atoms with Crippen molar-refractivity contribution in [2.24, 2.45) is 5.92 Å². The van der Waals surface area contributed by atoms with Crippen LogP contribution >= 0.6 is 0 Å². The van der Waals surface area contributed by atoms with E-state index in [0.29, 0.717) is 12.5 Å². The highest BCUT2D eigenvalue weighted by Crippen LogP contribution is 2.13. The molecule has 2 aromatic rings. The Morgan fingerprint density at radius 3 is 2.90 bits per heavy atom. The molecule has 108 valence electrons. The number of nitrogens with one attached hydrogen (secondary N) is 1. The highest BCUT2D eigenvalue weighted by atomic mass is 16.5. The average Bonchev–Trinajstić information content (AvgIpc) is 2.86. The van der Waals surface area contributed by atoms with E-state index < -0.39 is 0 Å². The minimum absolute atomic E-state index is 0.426. The zero-order valence-corrected chi connectivity index (χ0v) is 12.3. The molecule has 0 aliphatic rings. The van der Waals surface area contributed by atoms with Crippen LogP contribution in [0.4, 0.5) is 0 Å². The monoisotopic (exact) mass is 274 g/mol. The van der Waals surface area contributed by atoms with Crippen LogP contribution in [-0.2, 0) is 13.2 Å². The largest absolute Gasteiger partial charge is 0.484 e. The Balaban J connectivity index is 1.79. The van der Waals surface area contributed by atoms with E-state index in [1.807, 2.05) is 25.1 Å². The molecule has 20 heavy (non-hydrogen) atoms.